The summed E-state index contributed by atoms with van der Waals surface area (Å²) in [7, 11) is 3.04. The monoisotopic (exact) mass is 398 g/mol. The van der Waals surface area contributed by atoms with E-state index in [9.17, 15) is 14.7 Å². The number of hydrogen-bond donors (Lipinski definition) is 2. The molecule has 2 amide bonds. The Hall–Kier alpha value is -3.06. The summed E-state index contributed by atoms with van der Waals surface area (Å²) in [6.07, 6.45) is 1.60. The van der Waals surface area contributed by atoms with Gasteiger partial charge in [-0.2, -0.15) is 0 Å². The standard InChI is InChI=1S/C22H26N2O5/c1-28-18-6-7-19(20(13-18)29-2)21(26)23-17-5-3-4-16(12-17)22(27)24-10-8-15(14-25)9-11-24/h3-7,12-13,15,25H,8-11,14H2,1-2H3,(H,23,26). The van der Waals surface area contributed by atoms with Crippen LogP contribution in [0.5, 0.6) is 11.5 Å². The number of aliphatic hydroxyl groups is 1. The maximum atomic E-state index is 12.8. The van der Waals surface area contributed by atoms with Crippen molar-refractivity contribution >= 4 is 17.5 Å². The van der Waals surface area contributed by atoms with Gasteiger partial charge in [-0.05, 0) is 49.1 Å². The molecule has 29 heavy (non-hydrogen) atoms. The molecule has 1 saturated heterocycles. The zero-order valence-electron chi connectivity index (χ0n) is 16.7. The van der Waals surface area contributed by atoms with Crippen LogP contribution < -0.4 is 14.8 Å². The summed E-state index contributed by atoms with van der Waals surface area (Å²) in [5, 5.41) is 12.1. The molecule has 0 unspecified atom stereocenters. The molecule has 0 saturated carbocycles. The van der Waals surface area contributed by atoms with Gasteiger partial charge < -0.3 is 24.8 Å². The van der Waals surface area contributed by atoms with Gasteiger partial charge in [-0.1, -0.05) is 6.07 Å². The van der Waals surface area contributed by atoms with Gasteiger partial charge in [0.2, 0.25) is 0 Å². The Morgan fingerprint density at radius 2 is 1.86 bits per heavy atom. The minimum atomic E-state index is -0.335. The van der Waals surface area contributed by atoms with E-state index in [-0.39, 0.29) is 24.3 Å². The van der Waals surface area contributed by atoms with Crippen molar-refractivity contribution in [3.05, 3.63) is 53.6 Å². The molecule has 0 aromatic heterocycles. The summed E-state index contributed by atoms with van der Waals surface area (Å²) < 4.78 is 10.4. The summed E-state index contributed by atoms with van der Waals surface area (Å²) in [4.78, 5) is 27.3. The molecule has 0 aliphatic carbocycles. The van der Waals surface area contributed by atoms with E-state index >= 15 is 0 Å². The number of piperidine rings is 1. The van der Waals surface area contributed by atoms with E-state index < -0.39 is 0 Å². The second-order valence-corrected chi connectivity index (χ2v) is 7.02. The number of anilines is 1. The molecule has 3 rings (SSSR count). The van der Waals surface area contributed by atoms with Crippen LogP contribution >= 0.6 is 0 Å². The van der Waals surface area contributed by atoms with Crippen LogP contribution in [-0.4, -0.2) is 55.7 Å². The number of nitrogens with one attached hydrogen (secondary N) is 1. The van der Waals surface area contributed by atoms with E-state index in [1.54, 1.807) is 54.5 Å². The number of nitrogens with zero attached hydrogens (tertiary/aromatic N) is 1. The second-order valence-electron chi connectivity index (χ2n) is 7.02. The number of methoxy groups -OCH3 is 2. The molecule has 154 valence electrons. The smallest absolute Gasteiger partial charge is 0.259 e. The number of carbonyl (C=O) groups is 2. The third-order valence-electron chi connectivity index (χ3n) is 5.18. The average molecular weight is 398 g/mol. The highest BCUT2D eigenvalue weighted by Gasteiger charge is 2.23. The van der Waals surface area contributed by atoms with Gasteiger partial charge in [0.15, 0.2) is 0 Å². The lowest BCUT2D eigenvalue weighted by Gasteiger charge is -2.31. The SMILES string of the molecule is COc1ccc(C(=O)Nc2cccc(C(=O)N3CCC(CO)CC3)c2)c(OC)c1. The number of benzene rings is 2. The van der Waals surface area contributed by atoms with Crippen molar-refractivity contribution in [1.82, 2.24) is 4.90 Å². The summed E-state index contributed by atoms with van der Waals surface area (Å²) >= 11 is 0. The third kappa shape index (κ3) is 4.86. The maximum Gasteiger partial charge on any atom is 0.259 e. The number of hydrogen-bond acceptors (Lipinski definition) is 5. The molecule has 7 heteroatoms. The molecule has 0 spiro atoms. The molecule has 0 bridgehead atoms. The number of ether oxygens (including phenoxy) is 2. The Labute approximate surface area is 170 Å². The van der Waals surface area contributed by atoms with Crippen molar-refractivity contribution in [2.45, 2.75) is 12.8 Å². The Bertz CT molecular complexity index is 875. The van der Waals surface area contributed by atoms with Crippen LogP contribution in [-0.2, 0) is 0 Å². The highest BCUT2D eigenvalue weighted by molar-refractivity contribution is 6.07. The Kier molecular flexibility index (Phi) is 6.72. The molecule has 1 fully saturated rings. The highest BCUT2D eigenvalue weighted by atomic mass is 16.5. The first kappa shape index (κ1) is 20.7. The van der Waals surface area contributed by atoms with Crippen LogP contribution in [0.3, 0.4) is 0 Å². The van der Waals surface area contributed by atoms with Crippen molar-refractivity contribution in [2.75, 3.05) is 39.2 Å². The molecule has 2 aromatic rings. The molecule has 2 aromatic carbocycles. The fourth-order valence-corrected chi connectivity index (χ4v) is 3.42. The largest absolute Gasteiger partial charge is 0.497 e. The Morgan fingerprint density at radius 1 is 1.10 bits per heavy atom. The van der Waals surface area contributed by atoms with Crippen LogP contribution in [0.25, 0.3) is 0 Å². The first-order chi connectivity index (χ1) is 14.0. The van der Waals surface area contributed by atoms with E-state index in [1.807, 2.05) is 0 Å². The van der Waals surface area contributed by atoms with Crippen LogP contribution in [0, 0.1) is 5.92 Å². The van der Waals surface area contributed by atoms with Gasteiger partial charge in [-0.3, -0.25) is 9.59 Å². The molecular formula is C22H26N2O5. The van der Waals surface area contributed by atoms with Gasteiger partial charge in [0.1, 0.15) is 11.5 Å². The van der Waals surface area contributed by atoms with E-state index in [1.165, 1.54) is 7.11 Å². The van der Waals surface area contributed by atoms with Gasteiger partial charge in [-0.25, -0.2) is 0 Å². The third-order valence-corrected chi connectivity index (χ3v) is 5.18. The summed E-state index contributed by atoms with van der Waals surface area (Å²) in [5.41, 5.74) is 1.42. The highest BCUT2D eigenvalue weighted by Crippen LogP contribution is 2.26. The normalized spacial score (nSPS) is 14.4. The predicted octanol–water partition coefficient (Wildman–Crippen LogP) is 2.80. The number of amides is 2. The van der Waals surface area contributed by atoms with Gasteiger partial charge in [0.25, 0.3) is 11.8 Å². The van der Waals surface area contributed by atoms with Crippen LogP contribution in [0.2, 0.25) is 0 Å². The Morgan fingerprint density at radius 3 is 2.52 bits per heavy atom. The molecule has 1 aliphatic heterocycles. The molecule has 1 aliphatic rings. The minimum Gasteiger partial charge on any atom is -0.497 e. The topological polar surface area (TPSA) is 88.1 Å². The van der Waals surface area contributed by atoms with Crippen molar-refractivity contribution in [2.24, 2.45) is 5.92 Å². The summed E-state index contributed by atoms with van der Waals surface area (Å²) in [6.45, 7) is 1.42. The van der Waals surface area contributed by atoms with E-state index in [0.717, 1.165) is 12.8 Å². The van der Waals surface area contributed by atoms with Crippen molar-refractivity contribution < 1.29 is 24.2 Å². The fraction of sp³-hybridized carbons (Fsp3) is 0.364. The van der Waals surface area contributed by atoms with Crippen LogP contribution in [0.1, 0.15) is 33.6 Å². The van der Waals surface area contributed by atoms with Crippen molar-refractivity contribution in [3.63, 3.8) is 0 Å². The maximum absolute atomic E-state index is 12.8. The second kappa shape index (κ2) is 9.43. The molecule has 0 atom stereocenters. The van der Waals surface area contributed by atoms with Gasteiger partial charge in [0.05, 0.1) is 19.8 Å². The fourth-order valence-electron chi connectivity index (χ4n) is 3.42. The number of likely N-dealkylation sites (tertiary alicyclic amines) is 1. The first-order valence-electron chi connectivity index (χ1n) is 9.59. The van der Waals surface area contributed by atoms with Gasteiger partial charge >= 0.3 is 0 Å². The van der Waals surface area contributed by atoms with Crippen molar-refractivity contribution in [3.8, 4) is 11.5 Å². The zero-order chi connectivity index (χ0) is 20.8. The molecule has 7 nitrogen and oxygen atoms in total. The lowest BCUT2D eigenvalue weighted by Crippen LogP contribution is -2.39. The average Bonchev–Trinajstić information content (AvgIpc) is 2.78. The van der Waals surface area contributed by atoms with E-state index in [2.05, 4.69) is 5.32 Å². The lowest BCUT2D eigenvalue weighted by molar-refractivity contribution is 0.0650. The molecular weight excluding hydrogens is 372 g/mol. The van der Waals surface area contributed by atoms with Crippen LogP contribution in [0.15, 0.2) is 42.5 Å². The Balaban J connectivity index is 1.71. The van der Waals surface area contributed by atoms with Crippen molar-refractivity contribution in [1.29, 1.82) is 0 Å². The predicted molar refractivity (Wildman–Crippen MR) is 110 cm³/mol. The summed E-state index contributed by atoms with van der Waals surface area (Å²) in [5.74, 6) is 0.860. The van der Waals surface area contributed by atoms with E-state index in [4.69, 9.17) is 9.47 Å². The van der Waals surface area contributed by atoms with Gasteiger partial charge in [-0.15, -0.1) is 0 Å². The quantitative estimate of drug-likeness (QED) is 0.781. The number of aliphatic hydroxyl groups excluding tert-OH is 1. The molecule has 1 heterocycles. The number of carbonyl (C=O) groups excluding carboxylic acids is 2. The molecule has 2 N–H and O–H groups in total. The van der Waals surface area contributed by atoms with Gasteiger partial charge in [0, 0.05) is 37.0 Å². The zero-order valence-corrected chi connectivity index (χ0v) is 16.7. The summed E-state index contributed by atoms with van der Waals surface area (Å²) in [6, 6.07) is 11.9. The molecule has 0 radical (unpaired) electrons. The minimum absolute atomic E-state index is 0.0699. The van der Waals surface area contributed by atoms with Crippen LogP contribution in [0.4, 0.5) is 5.69 Å². The lowest BCUT2D eigenvalue weighted by atomic mass is 9.97. The van der Waals surface area contributed by atoms with E-state index in [0.29, 0.717) is 41.4 Å². The first-order valence-corrected chi connectivity index (χ1v) is 9.59. The number of rotatable bonds is 6.